The lowest BCUT2D eigenvalue weighted by molar-refractivity contribution is -0.143. The number of nitrogens with zero attached hydrogens (tertiary/aromatic N) is 1. The summed E-state index contributed by atoms with van der Waals surface area (Å²) in [5.41, 5.74) is 0.814. The molecule has 0 saturated carbocycles. The monoisotopic (exact) mass is 430 g/mol. The molecule has 0 fully saturated rings. The van der Waals surface area contributed by atoms with E-state index in [1.165, 1.54) is 17.0 Å². The topological polar surface area (TPSA) is 67.9 Å². The second-order valence-corrected chi connectivity index (χ2v) is 7.66. The summed E-state index contributed by atoms with van der Waals surface area (Å²) in [6, 6.07) is 12.5. The van der Waals surface area contributed by atoms with Crippen molar-refractivity contribution >= 4 is 11.8 Å². The molecule has 0 saturated heterocycles. The van der Waals surface area contributed by atoms with E-state index in [0.717, 1.165) is 5.56 Å². The summed E-state index contributed by atoms with van der Waals surface area (Å²) in [5.74, 6) is -0.236. The van der Waals surface area contributed by atoms with Crippen LogP contribution in [0.25, 0.3) is 0 Å². The van der Waals surface area contributed by atoms with Gasteiger partial charge in [-0.15, -0.1) is 0 Å². The number of hydrogen-bond donors (Lipinski definition) is 1. The Balaban J connectivity index is 2.23. The second kappa shape index (κ2) is 11.9. The van der Waals surface area contributed by atoms with Gasteiger partial charge >= 0.3 is 0 Å². The first kappa shape index (κ1) is 24.2. The van der Waals surface area contributed by atoms with Crippen molar-refractivity contribution in [2.75, 3.05) is 20.3 Å². The predicted octanol–water partition coefficient (Wildman–Crippen LogP) is 3.79. The molecule has 0 aliphatic heterocycles. The standard InChI is InChI=1S/C24H31FN2O4/c1-5-21(24(29)26-14-17(2)3)27(15-18-9-8-10-19(13-18)30-4)23(28)16-31-22-12-7-6-11-20(22)25/h6-13,17,21H,5,14-16H2,1-4H3,(H,26,29)/t21-/m0/s1. The molecule has 6 nitrogen and oxygen atoms in total. The first-order chi connectivity index (χ1) is 14.8. The third kappa shape index (κ3) is 7.27. The highest BCUT2D eigenvalue weighted by Gasteiger charge is 2.29. The van der Waals surface area contributed by atoms with E-state index in [1.807, 2.05) is 45.0 Å². The van der Waals surface area contributed by atoms with Gasteiger partial charge in [-0.3, -0.25) is 9.59 Å². The Bertz CT molecular complexity index is 872. The smallest absolute Gasteiger partial charge is 0.261 e. The molecule has 0 heterocycles. The molecule has 0 aromatic heterocycles. The van der Waals surface area contributed by atoms with Crippen LogP contribution >= 0.6 is 0 Å². The Kier molecular flexibility index (Phi) is 9.31. The van der Waals surface area contributed by atoms with E-state index in [9.17, 15) is 14.0 Å². The molecule has 0 bridgehead atoms. The number of halogens is 1. The van der Waals surface area contributed by atoms with Crippen LogP contribution in [0.2, 0.25) is 0 Å². The van der Waals surface area contributed by atoms with E-state index in [0.29, 0.717) is 18.7 Å². The van der Waals surface area contributed by atoms with Crippen LogP contribution in [-0.4, -0.2) is 43.0 Å². The van der Waals surface area contributed by atoms with E-state index < -0.39 is 17.8 Å². The number of methoxy groups -OCH3 is 1. The Morgan fingerprint density at radius 1 is 1.13 bits per heavy atom. The highest BCUT2D eigenvalue weighted by Crippen LogP contribution is 2.19. The molecule has 0 aliphatic carbocycles. The third-order valence-corrected chi connectivity index (χ3v) is 4.75. The van der Waals surface area contributed by atoms with Gasteiger partial charge in [0.2, 0.25) is 5.91 Å². The molecule has 2 aromatic carbocycles. The maximum Gasteiger partial charge on any atom is 0.261 e. The van der Waals surface area contributed by atoms with Crippen LogP contribution in [0.1, 0.15) is 32.8 Å². The summed E-state index contributed by atoms with van der Waals surface area (Å²) in [7, 11) is 1.57. The van der Waals surface area contributed by atoms with Crippen molar-refractivity contribution in [2.24, 2.45) is 5.92 Å². The summed E-state index contributed by atoms with van der Waals surface area (Å²) < 4.78 is 24.6. The lowest BCUT2D eigenvalue weighted by atomic mass is 10.1. The van der Waals surface area contributed by atoms with Crippen molar-refractivity contribution in [3.63, 3.8) is 0 Å². The fraction of sp³-hybridized carbons (Fsp3) is 0.417. The Hall–Kier alpha value is -3.09. The van der Waals surface area contributed by atoms with Gasteiger partial charge in [-0.1, -0.05) is 45.0 Å². The lowest BCUT2D eigenvalue weighted by Crippen LogP contribution is -2.50. The van der Waals surface area contributed by atoms with Gasteiger partial charge in [0, 0.05) is 13.1 Å². The highest BCUT2D eigenvalue weighted by atomic mass is 19.1. The maximum absolute atomic E-state index is 13.9. The van der Waals surface area contributed by atoms with Crippen molar-refractivity contribution in [3.8, 4) is 11.5 Å². The van der Waals surface area contributed by atoms with E-state index in [1.54, 1.807) is 19.2 Å². The minimum Gasteiger partial charge on any atom is -0.497 e. The van der Waals surface area contributed by atoms with Crippen LogP contribution in [0.15, 0.2) is 48.5 Å². The van der Waals surface area contributed by atoms with Crippen LogP contribution in [0.4, 0.5) is 4.39 Å². The number of carbonyl (C=O) groups excluding carboxylic acids is 2. The van der Waals surface area contributed by atoms with Crippen LogP contribution in [-0.2, 0) is 16.1 Å². The molecule has 2 aromatic rings. The maximum atomic E-state index is 13.9. The van der Waals surface area contributed by atoms with Crippen molar-refractivity contribution in [1.82, 2.24) is 10.2 Å². The number of hydrogen-bond acceptors (Lipinski definition) is 4. The lowest BCUT2D eigenvalue weighted by Gasteiger charge is -2.31. The average Bonchev–Trinajstić information content (AvgIpc) is 2.76. The van der Waals surface area contributed by atoms with Crippen LogP contribution in [0, 0.1) is 11.7 Å². The van der Waals surface area contributed by atoms with Gasteiger partial charge in [-0.05, 0) is 42.2 Å². The van der Waals surface area contributed by atoms with Crippen LogP contribution in [0.5, 0.6) is 11.5 Å². The molecule has 2 rings (SSSR count). The number of rotatable bonds is 11. The van der Waals surface area contributed by atoms with Crippen molar-refractivity contribution < 1.29 is 23.5 Å². The number of nitrogens with one attached hydrogen (secondary N) is 1. The largest absolute Gasteiger partial charge is 0.497 e. The van der Waals surface area contributed by atoms with E-state index in [4.69, 9.17) is 9.47 Å². The zero-order chi connectivity index (χ0) is 22.8. The molecular weight excluding hydrogens is 399 g/mol. The molecular formula is C24H31FN2O4. The summed E-state index contributed by atoms with van der Waals surface area (Å²) in [5, 5.41) is 2.90. The fourth-order valence-corrected chi connectivity index (χ4v) is 3.09. The highest BCUT2D eigenvalue weighted by molar-refractivity contribution is 5.88. The summed E-state index contributed by atoms with van der Waals surface area (Å²) >= 11 is 0. The van der Waals surface area contributed by atoms with Gasteiger partial charge in [0.05, 0.1) is 7.11 Å². The normalized spacial score (nSPS) is 11.7. The Morgan fingerprint density at radius 3 is 2.52 bits per heavy atom. The zero-order valence-electron chi connectivity index (χ0n) is 18.6. The van der Waals surface area contributed by atoms with Gasteiger partial charge in [0.15, 0.2) is 18.2 Å². The molecule has 1 atom stereocenters. The minimum atomic E-state index is -0.679. The van der Waals surface area contributed by atoms with Gasteiger partial charge < -0.3 is 19.7 Å². The van der Waals surface area contributed by atoms with Crippen molar-refractivity contribution in [2.45, 2.75) is 39.8 Å². The van der Waals surface area contributed by atoms with Crippen LogP contribution < -0.4 is 14.8 Å². The molecule has 168 valence electrons. The Morgan fingerprint density at radius 2 is 1.87 bits per heavy atom. The second-order valence-electron chi connectivity index (χ2n) is 7.66. The zero-order valence-corrected chi connectivity index (χ0v) is 18.6. The molecule has 2 amide bonds. The molecule has 31 heavy (non-hydrogen) atoms. The van der Waals surface area contributed by atoms with Crippen LogP contribution in [0.3, 0.4) is 0 Å². The summed E-state index contributed by atoms with van der Waals surface area (Å²) in [6.07, 6.45) is 0.430. The number of carbonyl (C=O) groups is 2. The quantitative estimate of drug-likeness (QED) is 0.589. The SMILES string of the molecule is CC[C@@H](C(=O)NCC(C)C)N(Cc1cccc(OC)c1)C(=O)COc1ccccc1F. The number of benzene rings is 2. The summed E-state index contributed by atoms with van der Waals surface area (Å²) in [6.45, 7) is 6.19. The molecule has 0 radical (unpaired) electrons. The molecule has 7 heteroatoms. The van der Waals surface area contributed by atoms with Crippen molar-refractivity contribution in [3.05, 3.63) is 59.9 Å². The van der Waals surface area contributed by atoms with Gasteiger partial charge in [0.25, 0.3) is 5.91 Å². The van der Waals surface area contributed by atoms with Crippen molar-refractivity contribution in [1.29, 1.82) is 0 Å². The molecule has 1 N–H and O–H groups in total. The predicted molar refractivity (Wildman–Crippen MR) is 117 cm³/mol. The van der Waals surface area contributed by atoms with E-state index in [-0.39, 0.29) is 30.7 Å². The fourth-order valence-electron chi connectivity index (χ4n) is 3.09. The van der Waals surface area contributed by atoms with E-state index >= 15 is 0 Å². The minimum absolute atomic E-state index is 0.00510. The van der Waals surface area contributed by atoms with Gasteiger partial charge in [0.1, 0.15) is 11.8 Å². The summed E-state index contributed by atoms with van der Waals surface area (Å²) in [4.78, 5) is 27.4. The number of ether oxygens (including phenoxy) is 2. The Labute approximate surface area is 183 Å². The number of amides is 2. The molecule has 0 spiro atoms. The average molecular weight is 431 g/mol. The van der Waals surface area contributed by atoms with Gasteiger partial charge in [-0.2, -0.15) is 0 Å². The third-order valence-electron chi connectivity index (χ3n) is 4.75. The molecule has 0 aliphatic rings. The van der Waals surface area contributed by atoms with Gasteiger partial charge in [-0.25, -0.2) is 4.39 Å². The van der Waals surface area contributed by atoms with E-state index in [2.05, 4.69) is 5.32 Å². The first-order valence-electron chi connectivity index (χ1n) is 10.4. The molecule has 0 unspecified atom stereocenters. The first-order valence-corrected chi connectivity index (χ1v) is 10.4. The number of para-hydroxylation sites is 1.